The molecule has 3 aromatic rings. The monoisotopic (exact) mass is 440 g/mol. The van der Waals surface area contributed by atoms with Gasteiger partial charge in [0.25, 0.3) is 0 Å². The van der Waals surface area contributed by atoms with Gasteiger partial charge < -0.3 is 14.0 Å². The standard InChI is InChI=1S/C22H28N6O2S/c1-16-20(17(2)30-25-16)14-26-9-11-27(12-10-26)21(29)15-31-22-24-23-18(3)28(22)13-19-7-5-4-6-8-19/h4-8H,9-15H2,1-3H3. The molecule has 0 atom stereocenters. The lowest BCUT2D eigenvalue weighted by Crippen LogP contribution is -2.48. The number of thioether (sulfide) groups is 1. The maximum Gasteiger partial charge on any atom is 0.233 e. The summed E-state index contributed by atoms with van der Waals surface area (Å²) in [7, 11) is 0. The van der Waals surface area contributed by atoms with Crippen LogP contribution in [0.25, 0.3) is 0 Å². The van der Waals surface area contributed by atoms with Gasteiger partial charge in [-0.15, -0.1) is 10.2 Å². The summed E-state index contributed by atoms with van der Waals surface area (Å²) < 4.78 is 7.33. The largest absolute Gasteiger partial charge is 0.361 e. The van der Waals surface area contributed by atoms with Crippen LogP contribution in [0.5, 0.6) is 0 Å². The second-order valence-electron chi connectivity index (χ2n) is 7.85. The molecule has 1 aliphatic rings. The average molecular weight is 441 g/mol. The number of piperazine rings is 1. The van der Waals surface area contributed by atoms with Crippen molar-refractivity contribution in [3.05, 3.63) is 58.7 Å². The lowest BCUT2D eigenvalue weighted by molar-refractivity contribution is -0.130. The van der Waals surface area contributed by atoms with Gasteiger partial charge in [-0.25, -0.2) is 0 Å². The molecule has 4 rings (SSSR count). The molecule has 0 radical (unpaired) electrons. The number of amides is 1. The average Bonchev–Trinajstić information content (AvgIpc) is 3.29. The van der Waals surface area contributed by atoms with E-state index in [9.17, 15) is 4.79 Å². The Morgan fingerprint density at radius 1 is 1.03 bits per heavy atom. The molecule has 0 saturated carbocycles. The Hall–Kier alpha value is -2.65. The molecule has 0 spiro atoms. The number of benzene rings is 1. The number of nitrogens with zero attached hydrogens (tertiary/aromatic N) is 6. The van der Waals surface area contributed by atoms with Crippen molar-refractivity contribution in [3.8, 4) is 0 Å². The molecule has 1 aliphatic heterocycles. The first-order chi connectivity index (χ1) is 15.0. The van der Waals surface area contributed by atoms with Crippen LogP contribution in [0.2, 0.25) is 0 Å². The molecule has 164 valence electrons. The van der Waals surface area contributed by atoms with Crippen LogP contribution >= 0.6 is 11.8 Å². The first-order valence-corrected chi connectivity index (χ1v) is 11.5. The first kappa shape index (κ1) is 21.6. The Morgan fingerprint density at radius 2 is 1.77 bits per heavy atom. The number of carbonyl (C=O) groups excluding carboxylic acids is 1. The van der Waals surface area contributed by atoms with E-state index in [1.54, 1.807) is 0 Å². The zero-order valence-corrected chi connectivity index (χ0v) is 19.1. The molecule has 3 heterocycles. The van der Waals surface area contributed by atoms with Gasteiger partial charge in [-0.3, -0.25) is 9.69 Å². The van der Waals surface area contributed by atoms with Crippen molar-refractivity contribution in [2.24, 2.45) is 0 Å². The van der Waals surface area contributed by atoms with Crippen LogP contribution in [0.15, 0.2) is 40.0 Å². The summed E-state index contributed by atoms with van der Waals surface area (Å²) in [5.74, 6) is 2.25. The normalized spacial score (nSPS) is 14.9. The number of aromatic nitrogens is 4. The highest BCUT2D eigenvalue weighted by Crippen LogP contribution is 2.20. The van der Waals surface area contributed by atoms with Crippen molar-refractivity contribution in [1.29, 1.82) is 0 Å². The molecule has 0 N–H and O–H groups in total. The van der Waals surface area contributed by atoms with Crippen LogP contribution in [0.3, 0.4) is 0 Å². The smallest absolute Gasteiger partial charge is 0.233 e. The summed E-state index contributed by atoms with van der Waals surface area (Å²) >= 11 is 1.46. The van der Waals surface area contributed by atoms with Crippen molar-refractivity contribution >= 4 is 17.7 Å². The lowest BCUT2D eigenvalue weighted by Gasteiger charge is -2.34. The number of carbonyl (C=O) groups is 1. The summed E-state index contributed by atoms with van der Waals surface area (Å²) in [5, 5.41) is 13.3. The van der Waals surface area contributed by atoms with E-state index >= 15 is 0 Å². The summed E-state index contributed by atoms with van der Waals surface area (Å²) in [5.41, 5.74) is 3.29. The summed E-state index contributed by atoms with van der Waals surface area (Å²) in [6, 6.07) is 10.2. The molecule has 0 unspecified atom stereocenters. The SMILES string of the molecule is Cc1noc(C)c1CN1CCN(C(=O)CSc2nnc(C)n2Cc2ccccc2)CC1. The molecule has 31 heavy (non-hydrogen) atoms. The number of rotatable bonds is 7. The van der Waals surface area contributed by atoms with E-state index < -0.39 is 0 Å². The van der Waals surface area contributed by atoms with Crippen LogP contribution in [-0.2, 0) is 17.9 Å². The summed E-state index contributed by atoms with van der Waals surface area (Å²) in [4.78, 5) is 17.1. The molecular formula is C22H28N6O2S. The minimum atomic E-state index is 0.147. The lowest BCUT2D eigenvalue weighted by atomic mass is 10.2. The van der Waals surface area contributed by atoms with Crippen LogP contribution in [0.4, 0.5) is 0 Å². The van der Waals surface area contributed by atoms with Crippen LogP contribution < -0.4 is 0 Å². The Labute approximate surface area is 186 Å². The van der Waals surface area contributed by atoms with E-state index in [4.69, 9.17) is 4.52 Å². The predicted molar refractivity (Wildman–Crippen MR) is 119 cm³/mol. The second-order valence-corrected chi connectivity index (χ2v) is 8.79. The van der Waals surface area contributed by atoms with Gasteiger partial charge in [0.2, 0.25) is 5.91 Å². The quantitative estimate of drug-likeness (QED) is 0.523. The van der Waals surface area contributed by atoms with E-state index in [0.29, 0.717) is 12.3 Å². The number of aryl methyl sites for hydroxylation is 3. The zero-order chi connectivity index (χ0) is 21.8. The fourth-order valence-electron chi connectivity index (χ4n) is 3.74. The highest BCUT2D eigenvalue weighted by atomic mass is 32.2. The molecule has 1 saturated heterocycles. The van der Waals surface area contributed by atoms with E-state index in [1.165, 1.54) is 17.3 Å². The second kappa shape index (κ2) is 9.65. The molecule has 9 heteroatoms. The summed E-state index contributed by atoms with van der Waals surface area (Å²) in [6.07, 6.45) is 0. The van der Waals surface area contributed by atoms with Crippen molar-refractivity contribution in [3.63, 3.8) is 0 Å². The maximum absolute atomic E-state index is 12.8. The molecule has 1 fully saturated rings. The van der Waals surface area contributed by atoms with Crippen LogP contribution in [0.1, 0.15) is 28.4 Å². The van der Waals surface area contributed by atoms with Gasteiger partial charge in [0, 0.05) is 38.3 Å². The minimum Gasteiger partial charge on any atom is -0.361 e. The van der Waals surface area contributed by atoms with Gasteiger partial charge in [-0.1, -0.05) is 47.3 Å². The van der Waals surface area contributed by atoms with E-state index in [-0.39, 0.29) is 5.91 Å². The molecule has 1 amide bonds. The van der Waals surface area contributed by atoms with E-state index in [0.717, 1.165) is 60.7 Å². The van der Waals surface area contributed by atoms with E-state index in [1.807, 2.05) is 43.9 Å². The number of hydrogen-bond acceptors (Lipinski definition) is 7. The molecule has 1 aromatic carbocycles. The van der Waals surface area contributed by atoms with Gasteiger partial charge in [-0.2, -0.15) is 0 Å². The highest BCUT2D eigenvalue weighted by molar-refractivity contribution is 7.99. The highest BCUT2D eigenvalue weighted by Gasteiger charge is 2.23. The molecule has 0 bridgehead atoms. The van der Waals surface area contributed by atoms with Crippen molar-refractivity contribution in [2.75, 3.05) is 31.9 Å². The Kier molecular flexibility index (Phi) is 6.72. The third kappa shape index (κ3) is 5.16. The third-order valence-electron chi connectivity index (χ3n) is 5.70. The Bertz CT molecular complexity index is 1000. The maximum atomic E-state index is 12.8. The van der Waals surface area contributed by atoms with Gasteiger partial charge in [0.15, 0.2) is 5.16 Å². The molecular weight excluding hydrogens is 412 g/mol. The Balaban J connectivity index is 1.28. The van der Waals surface area contributed by atoms with Crippen LogP contribution in [0, 0.1) is 20.8 Å². The molecule has 8 nitrogen and oxygen atoms in total. The van der Waals surface area contributed by atoms with Crippen molar-refractivity contribution in [2.45, 2.75) is 39.0 Å². The fourth-order valence-corrected chi connectivity index (χ4v) is 4.63. The van der Waals surface area contributed by atoms with Crippen molar-refractivity contribution < 1.29 is 9.32 Å². The topological polar surface area (TPSA) is 80.3 Å². The van der Waals surface area contributed by atoms with Gasteiger partial charge in [-0.05, 0) is 26.3 Å². The van der Waals surface area contributed by atoms with Gasteiger partial charge in [0.05, 0.1) is 18.0 Å². The van der Waals surface area contributed by atoms with E-state index in [2.05, 4.69) is 37.0 Å². The Morgan fingerprint density at radius 3 is 2.45 bits per heavy atom. The third-order valence-corrected chi connectivity index (χ3v) is 6.65. The minimum absolute atomic E-state index is 0.147. The van der Waals surface area contributed by atoms with Crippen molar-refractivity contribution in [1.82, 2.24) is 29.7 Å². The number of hydrogen-bond donors (Lipinski definition) is 0. The van der Waals surface area contributed by atoms with Gasteiger partial charge >= 0.3 is 0 Å². The predicted octanol–water partition coefficient (Wildman–Crippen LogP) is 2.68. The zero-order valence-electron chi connectivity index (χ0n) is 18.2. The fraction of sp³-hybridized carbons (Fsp3) is 0.455. The molecule has 2 aromatic heterocycles. The summed E-state index contributed by atoms with van der Waals surface area (Å²) in [6.45, 7) is 10.6. The van der Waals surface area contributed by atoms with Crippen LogP contribution in [-0.4, -0.2) is 67.6 Å². The van der Waals surface area contributed by atoms with Gasteiger partial charge in [0.1, 0.15) is 11.6 Å². The molecule has 0 aliphatic carbocycles. The first-order valence-electron chi connectivity index (χ1n) is 10.5.